The highest BCUT2D eigenvalue weighted by Gasteiger charge is 2.28. The lowest BCUT2D eigenvalue weighted by molar-refractivity contribution is -0.384. The van der Waals surface area contributed by atoms with Crippen molar-refractivity contribution in [2.24, 2.45) is 0 Å². The molecule has 0 amide bonds. The Labute approximate surface area is 135 Å². The highest BCUT2D eigenvalue weighted by Crippen LogP contribution is 2.32. The van der Waals surface area contributed by atoms with Gasteiger partial charge in [-0.15, -0.1) is 0 Å². The molecule has 1 atom stereocenters. The first-order chi connectivity index (χ1) is 10.2. The van der Waals surface area contributed by atoms with E-state index in [4.69, 9.17) is 11.6 Å². The van der Waals surface area contributed by atoms with Gasteiger partial charge in [0.2, 0.25) is 0 Å². The summed E-state index contributed by atoms with van der Waals surface area (Å²) < 4.78 is 0. The van der Waals surface area contributed by atoms with E-state index in [0.717, 1.165) is 25.3 Å². The minimum Gasteiger partial charge on any atom is -0.389 e. The van der Waals surface area contributed by atoms with E-state index in [0.29, 0.717) is 11.6 Å². The molecule has 1 N–H and O–H groups in total. The largest absolute Gasteiger partial charge is 0.389 e. The van der Waals surface area contributed by atoms with Gasteiger partial charge < -0.3 is 10.0 Å². The number of halogens is 1. The summed E-state index contributed by atoms with van der Waals surface area (Å²) in [5.74, 6) is 0. The van der Waals surface area contributed by atoms with Crippen LogP contribution in [0.3, 0.4) is 0 Å². The second-order valence-electron chi connectivity index (χ2n) is 6.48. The molecule has 0 bridgehead atoms. The summed E-state index contributed by atoms with van der Waals surface area (Å²) in [7, 11) is 0. The Hall–Kier alpha value is -1.37. The number of hydrogen-bond donors (Lipinski definition) is 1. The number of anilines is 1. The van der Waals surface area contributed by atoms with Gasteiger partial charge in [0.05, 0.1) is 21.2 Å². The molecule has 1 fully saturated rings. The van der Waals surface area contributed by atoms with Crippen LogP contribution < -0.4 is 4.90 Å². The Morgan fingerprint density at radius 3 is 2.64 bits per heavy atom. The summed E-state index contributed by atoms with van der Waals surface area (Å²) in [4.78, 5) is 14.7. The highest BCUT2D eigenvalue weighted by molar-refractivity contribution is 6.33. The van der Waals surface area contributed by atoms with Gasteiger partial charge in [0.15, 0.2) is 0 Å². The predicted octanol–water partition coefficient (Wildman–Crippen LogP) is 2.53. The summed E-state index contributed by atoms with van der Waals surface area (Å²) in [6.45, 7) is 8.73. The molecule has 1 heterocycles. The van der Waals surface area contributed by atoms with Crippen molar-refractivity contribution < 1.29 is 10.0 Å². The molecule has 1 aliphatic heterocycles. The number of aliphatic hydroxyl groups is 1. The van der Waals surface area contributed by atoms with E-state index < -0.39 is 10.5 Å². The molecule has 1 saturated heterocycles. The van der Waals surface area contributed by atoms with Gasteiger partial charge in [0.25, 0.3) is 5.69 Å². The number of nitrogens with zero attached hydrogens (tertiary/aromatic N) is 3. The van der Waals surface area contributed by atoms with Crippen molar-refractivity contribution in [3.63, 3.8) is 0 Å². The average molecular weight is 328 g/mol. The minimum absolute atomic E-state index is 0.00192. The van der Waals surface area contributed by atoms with Crippen LogP contribution in [0.15, 0.2) is 18.2 Å². The average Bonchev–Trinajstić information content (AvgIpc) is 2.37. The first-order valence-corrected chi connectivity index (χ1v) is 7.70. The number of piperazine rings is 1. The molecule has 1 aromatic rings. The number of benzene rings is 1. The Morgan fingerprint density at radius 1 is 1.45 bits per heavy atom. The van der Waals surface area contributed by atoms with Crippen LogP contribution in [0.25, 0.3) is 0 Å². The topological polar surface area (TPSA) is 69.8 Å². The van der Waals surface area contributed by atoms with Crippen molar-refractivity contribution in [1.29, 1.82) is 0 Å². The first-order valence-electron chi connectivity index (χ1n) is 7.33. The molecule has 0 spiro atoms. The van der Waals surface area contributed by atoms with E-state index in [2.05, 4.69) is 16.7 Å². The van der Waals surface area contributed by atoms with Crippen LogP contribution >= 0.6 is 11.6 Å². The van der Waals surface area contributed by atoms with Gasteiger partial charge in [0, 0.05) is 44.4 Å². The zero-order valence-electron chi connectivity index (χ0n) is 13.1. The molecule has 7 heteroatoms. The van der Waals surface area contributed by atoms with Crippen LogP contribution in [0.5, 0.6) is 0 Å². The summed E-state index contributed by atoms with van der Waals surface area (Å²) in [6, 6.07) is 4.81. The molecule has 1 aliphatic rings. The van der Waals surface area contributed by atoms with Crippen molar-refractivity contribution >= 4 is 23.0 Å². The standard InChI is InChI=1S/C15H22ClN3O3/c1-11-9-17(10-15(2,3)20)6-7-18(11)14-5-4-12(19(21)22)8-13(14)16/h4-5,8,11,20H,6-7,9-10H2,1-3H3. The molecule has 0 radical (unpaired) electrons. The molecular formula is C15H22ClN3O3. The van der Waals surface area contributed by atoms with Gasteiger partial charge in [-0.2, -0.15) is 0 Å². The van der Waals surface area contributed by atoms with E-state index in [1.165, 1.54) is 12.1 Å². The van der Waals surface area contributed by atoms with Crippen LogP contribution in [0.1, 0.15) is 20.8 Å². The SMILES string of the molecule is CC1CN(CC(C)(C)O)CCN1c1ccc([N+](=O)[O-])cc1Cl. The van der Waals surface area contributed by atoms with Crippen molar-refractivity contribution in [3.05, 3.63) is 33.3 Å². The maximum atomic E-state index is 10.8. The van der Waals surface area contributed by atoms with E-state index >= 15 is 0 Å². The lowest BCUT2D eigenvalue weighted by Gasteiger charge is -2.43. The third-order valence-electron chi connectivity index (χ3n) is 3.77. The second-order valence-corrected chi connectivity index (χ2v) is 6.89. The zero-order valence-corrected chi connectivity index (χ0v) is 13.9. The zero-order chi connectivity index (χ0) is 16.5. The van der Waals surface area contributed by atoms with Crippen LogP contribution in [0.2, 0.25) is 5.02 Å². The van der Waals surface area contributed by atoms with Gasteiger partial charge in [-0.05, 0) is 26.8 Å². The molecule has 22 heavy (non-hydrogen) atoms. The van der Waals surface area contributed by atoms with Crippen LogP contribution in [0, 0.1) is 10.1 Å². The smallest absolute Gasteiger partial charge is 0.271 e. The van der Waals surface area contributed by atoms with Crippen molar-refractivity contribution in [2.45, 2.75) is 32.4 Å². The fourth-order valence-corrected chi connectivity index (χ4v) is 3.21. The first kappa shape index (κ1) is 17.0. The molecule has 0 saturated carbocycles. The minimum atomic E-state index is -0.715. The predicted molar refractivity (Wildman–Crippen MR) is 87.7 cm³/mol. The Balaban J connectivity index is 2.10. The number of β-amino-alcohol motifs (C(OH)–C–C–N with tert-alkyl or cyclic N) is 1. The van der Waals surface area contributed by atoms with E-state index in [1.54, 1.807) is 19.9 Å². The molecular weight excluding hydrogens is 306 g/mol. The number of non-ortho nitro benzene ring substituents is 1. The molecule has 1 aromatic carbocycles. The quantitative estimate of drug-likeness (QED) is 0.679. The third-order valence-corrected chi connectivity index (χ3v) is 4.08. The fraction of sp³-hybridized carbons (Fsp3) is 0.600. The van der Waals surface area contributed by atoms with Gasteiger partial charge >= 0.3 is 0 Å². The lowest BCUT2D eigenvalue weighted by atomic mass is 10.1. The Bertz CT molecular complexity index is 559. The maximum absolute atomic E-state index is 10.8. The molecule has 0 aliphatic carbocycles. The fourth-order valence-electron chi connectivity index (χ4n) is 2.92. The molecule has 122 valence electrons. The van der Waals surface area contributed by atoms with Crippen LogP contribution in [-0.4, -0.2) is 52.8 Å². The van der Waals surface area contributed by atoms with E-state index in [9.17, 15) is 15.2 Å². The third kappa shape index (κ3) is 4.09. The van der Waals surface area contributed by atoms with Crippen molar-refractivity contribution in [2.75, 3.05) is 31.1 Å². The van der Waals surface area contributed by atoms with Crippen LogP contribution in [-0.2, 0) is 0 Å². The Kier molecular flexibility index (Phi) is 4.94. The van der Waals surface area contributed by atoms with Gasteiger partial charge in [0.1, 0.15) is 0 Å². The van der Waals surface area contributed by atoms with Gasteiger partial charge in [-0.1, -0.05) is 11.6 Å². The molecule has 6 nitrogen and oxygen atoms in total. The molecule has 2 rings (SSSR count). The van der Waals surface area contributed by atoms with Crippen LogP contribution in [0.4, 0.5) is 11.4 Å². The van der Waals surface area contributed by atoms with Gasteiger partial charge in [-0.3, -0.25) is 15.0 Å². The number of rotatable bonds is 4. The maximum Gasteiger partial charge on any atom is 0.271 e. The highest BCUT2D eigenvalue weighted by atomic mass is 35.5. The lowest BCUT2D eigenvalue weighted by Crippen LogP contribution is -2.54. The summed E-state index contributed by atoms with van der Waals surface area (Å²) in [5, 5.41) is 21.1. The summed E-state index contributed by atoms with van der Waals surface area (Å²) in [5.41, 5.74) is 0.108. The summed E-state index contributed by atoms with van der Waals surface area (Å²) >= 11 is 6.22. The van der Waals surface area contributed by atoms with Crippen molar-refractivity contribution in [3.8, 4) is 0 Å². The Morgan fingerprint density at radius 2 is 2.14 bits per heavy atom. The van der Waals surface area contributed by atoms with Gasteiger partial charge in [-0.25, -0.2) is 0 Å². The molecule has 1 unspecified atom stereocenters. The summed E-state index contributed by atoms with van der Waals surface area (Å²) in [6.07, 6.45) is 0. The van der Waals surface area contributed by atoms with E-state index in [1.807, 2.05) is 0 Å². The monoisotopic (exact) mass is 327 g/mol. The van der Waals surface area contributed by atoms with E-state index in [-0.39, 0.29) is 11.7 Å². The normalized spacial score (nSPS) is 20.2. The number of hydrogen-bond acceptors (Lipinski definition) is 5. The number of nitro benzene ring substituents is 1. The number of nitro groups is 1. The molecule has 0 aromatic heterocycles. The van der Waals surface area contributed by atoms with Crippen molar-refractivity contribution in [1.82, 2.24) is 4.90 Å². The second kappa shape index (κ2) is 6.40.